The molecule has 2 heterocycles. The van der Waals surface area contributed by atoms with Gasteiger partial charge in [0.15, 0.2) is 17.5 Å². The van der Waals surface area contributed by atoms with Crippen molar-refractivity contribution in [1.29, 1.82) is 0 Å². The first-order valence-corrected chi connectivity index (χ1v) is 8.89. The molecule has 2 aromatic rings. The second-order valence-corrected chi connectivity index (χ2v) is 6.21. The molecule has 0 saturated carbocycles. The molecule has 0 radical (unpaired) electrons. The molecule has 0 amide bonds. The average Bonchev–Trinajstić information content (AvgIpc) is 3.18. The van der Waals surface area contributed by atoms with Crippen molar-refractivity contribution in [1.82, 2.24) is 25.0 Å². The van der Waals surface area contributed by atoms with Gasteiger partial charge in [-0.15, -0.1) is 34.2 Å². The Balaban J connectivity index is 0.00000261. The van der Waals surface area contributed by atoms with Crippen LogP contribution in [0.2, 0.25) is 0 Å². The molecule has 1 aliphatic heterocycles. The summed E-state index contributed by atoms with van der Waals surface area (Å²) in [6, 6.07) is 6.08. The van der Waals surface area contributed by atoms with Crippen LogP contribution < -0.4 is 14.8 Å². The molecule has 1 N–H and O–H groups in total. The van der Waals surface area contributed by atoms with Gasteiger partial charge in [-0.1, -0.05) is 6.07 Å². The SMILES string of the molecule is CN=C(NCCCCn1cnnc1)N(C)Cc1ccc2c(c1)OCCO2.I. The highest BCUT2D eigenvalue weighted by atomic mass is 127. The highest BCUT2D eigenvalue weighted by molar-refractivity contribution is 14.0. The Labute approximate surface area is 177 Å². The molecule has 0 spiro atoms. The highest BCUT2D eigenvalue weighted by Crippen LogP contribution is 2.30. The summed E-state index contributed by atoms with van der Waals surface area (Å²) in [5.74, 6) is 2.52. The minimum absolute atomic E-state index is 0. The largest absolute Gasteiger partial charge is 0.486 e. The lowest BCUT2D eigenvalue weighted by molar-refractivity contribution is 0.171. The van der Waals surface area contributed by atoms with Gasteiger partial charge in [0.25, 0.3) is 0 Å². The predicted octanol–water partition coefficient (Wildman–Crippen LogP) is 2.15. The van der Waals surface area contributed by atoms with Crippen LogP contribution in [0.4, 0.5) is 0 Å². The van der Waals surface area contributed by atoms with Gasteiger partial charge in [0.05, 0.1) is 0 Å². The molecule has 0 saturated heterocycles. The van der Waals surface area contributed by atoms with E-state index in [0.717, 1.165) is 55.5 Å². The molecule has 9 heteroatoms. The average molecular weight is 486 g/mol. The fourth-order valence-corrected chi connectivity index (χ4v) is 2.88. The summed E-state index contributed by atoms with van der Waals surface area (Å²) in [5, 5.41) is 11.0. The van der Waals surface area contributed by atoms with Gasteiger partial charge in [-0.05, 0) is 30.5 Å². The lowest BCUT2D eigenvalue weighted by Crippen LogP contribution is -2.38. The Kier molecular flexibility index (Phi) is 8.62. The number of benzene rings is 1. The third-order valence-corrected chi connectivity index (χ3v) is 4.19. The first-order valence-electron chi connectivity index (χ1n) is 8.89. The molecule has 1 aromatic heterocycles. The van der Waals surface area contributed by atoms with Gasteiger partial charge >= 0.3 is 0 Å². The molecule has 8 nitrogen and oxygen atoms in total. The number of rotatable bonds is 7. The molecule has 3 rings (SSSR count). The van der Waals surface area contributed by atoms with E-state index < -0.39 is 0 Å². The summed E-state index contributed by atoms with van der Waals surface area (Å²) < 4.78 is 13.2. The van der Waals surface area contributed by atoms with E-state index in [0.29, 0.717) is 13.2 Å². The number of fused-ring (bicyclic) bond motifs is 1. The topological polar surface area (TPSA) is 76.8 Å². The summed E-state index contributed by atoms with van der Waals surface area (Å²) in [5.41, 5.74) is 1.16. The molecule has 148 valence electrons. The van der Waals surface area contributed by atoms with Crippen molar-refractivity contribution in [3.63, 3.8) is 0 Å². The number of aromatic nitrogens is 3. The number of guanidine groups is 1. The number of hydrogen-bond donors (Lipinski definition) is 1. The summed E-state index contributed by atoms with van der Waals surface area (Å²) in [6.07, 6.45) is 5.60. The third kappa shape index (κ3) is 6.26. The number of halogens is 1. The van der Waals surface area contributed by atoms with Gasteiger partial charge in [-0.25, -0.2) is 0 Å². The third-order valence-electron chi connectivity index (χ3n) is 4.19. The molecule has 0 atom stereocenters. The monoisotopic (exact) mass is 486 g/mol. The minimum atomic E-state index is 0. The van der Waals surface area contributed by atoms with Gasteiger partial charge in [0.2, 0.25) is 0 Å². The van der Waals surface area contributed by atoms with Crippen LogP contribution in [0.5, 0.6) is 11.5 Å². The Morgan fingerprint density at radius 1 is 1.19 bits per heavy atom. The van der Waals surface area contributed by atoms with Crippen LogP contribution in [0.3, 0.4) is 0 Å². The smallest absolute Gasteiger partial charge is 0.193 e. The van der Waals surface area contributed by atoms with Gasteiger partial charge in [0, 0.05) is 33.7 Å². The van der Waals surface area contributed by atoms with E-state index in [1.54, 1.807) is 19.7 Å². The van der Waals surface area contributed by atoms with E-state index in [4.69, 9.17) is 9.47 Å². The molecule has 1 aromatic carbocycles. The van der Waals surface area contributed by atoms with Crippen molar-refractivity contribution >= 4 is 29.9 Å². The van der Waals surface area contributed by atoms with Gasteiger partial charge < -0.3 is 24.3 Å². The fraction of sp³-hybridized carbons (Fsp3) is 0.500. The summed E-state index contributed by atoms with van der Waals surface area (Å²) in [7, 11) is 3.84. The van der Waals surface area contributed by atoms with Crippen LogP contribution in [0, 0.1) is 0 Å². The Morgan fingerprint density at radius 2 is 1.93 bits per heavy atom. The maximum atomic E-state index is 5.65. The molecule has 27 heavy (non-hydrogen) atoms. The standard InChI is InChI=1S/C18H26N6O2.HI/c1-19-18(20-7-3-4-8-24-13-21-22-14-24)23(2)12-15-5-6-16-17(11-15)26-10-9-25-16;/h5-6,11,13-14H,3-4,7-10,12H2,1-2H3,(H,19,20);1H. The van der Waals surface area contributed by atoms with Crippen LogP contribution in [0.25, 0.3) is 0 Å². The molecular formula is C18H27IN6O2. The maximum absolute atomic E-state index is 5.65. The van der Waals surface area contributed by atoms with Crippen molar-refractivity contribution in [2.24, 2.45) is 4.99 Å². The van der Waals surface area contributed by atoms with E-state index in [2.05, 4.69) is 31.5 Å². The van der Waals surface area contributed by atoms with Crippen molar-refractivity contribution in [3.8, 4) is 11.5 Å². The Morgan fingerprint density at radius 3 is 2.67 bits per heavy atom. The zero-order valence-corrected chi connectivity index (χ0v) is 18.1. The van der Waals surface area contributed by atoms with Crippen molar-refractivity contribution < 1.29 is 9.47 Å². The number of nitrogens with one attached hydrogen (secondary N) is 1. The van der Waals surface area contributed by atoms with Crippen LogP contribution in [0.1, 0.15) is 18.4 Å². The predicted molar refractivity (Wildman–Crippen MR) is 115 cm³/mol. The molecule has 0 unspecified atom stereocenters. The van der Waals surface area contributed by atoms with Crippen LogP contribution in [0.15, 0.2) is 35.8 Å². The van der Waals surface area contributed by atoms with Crippen LogP contribution in [-0.4, -0.2) is 59.5 Å². The van der Waals surface area contributed by atoms with Crippen molar-refractivity contribution in [3.05, 3.63) is 36.4 Å². The fourth-order valence-electron chi connectivity index (χ4n) is 2.88. The summed E-state index contributed by atoms with van der Waals surface area (Å²) in [6.45, 7) is 3.77. The Bertz CT molecular complexity index is 723. The first-order chi connectivity index (χ1) is 12.8. The molecule has 0 fully saturated rings. The maximum Gasteiger partial charge on any atom is 0.193 e. The van der Waals surface area contributed by atoms with E-state index in [1.807, 2.05) is 23.7 Å². The second kappa shape index (κ2) is 11.0. The molecule has 0 aliphatic carbocycles. The van der Waals surface area contributed by atoms with Gasteiger partial charge in [-0.2, -0.15) is 0 Å². The number of unbranched alkanes of at least 4 members (excludes halogenated alkanes) is 1. The number of ether oxygens (including phenoxy) is 2. The lowest BCUT2D eigenvalue weighted by atomic mass is 10.2. The zero-order valence-electron chi connectivity index (χ0n) is 15.8. The van der Waals surface area contributed by atoms with Gasteiger partial charge in [0.1, 0.15) is 25.9 Å². The normalized spacial score (nSPS) is 13.0. The van der Waals surface area contributed by atoms with Crippen LogP contribution >= 0.6 is 24.0 Å². The van der Waals surface area contributed by atoms with E-state index >= 15 is 0 Å². The summed E-state index contributed by atoms with van der Waals surface area (Å²) in [4.78, 5) is 6.47. The lowest BCUT2D eigenvalue weighted by Gasteiger charge is -2.24. The minimum Gasteiger partial charge on any atom is -0.486 e. The summed E-state index contributed by atoms with van der Waals surface area (Å²) >= 11 is 0. The molecular weight excluding hydrogens is 459 g/mol. The quantitative estimate of drug-likeness (QED) is 0.280. The first kappa shape index (κ1) is 21.3. The molecule has 0 bridgehead atoms. The number of hydrogen-bond acceptors (Lipinski definition) is 5. The number of nitrogens with zero attached hydrogens (tertiary/aromatic N) is 5. The van der Waals surface area contributed by atoms with E-state index in [1.165, 1.54) is 0 Å². The zero-order chi connectivity index (χ0) is 18.2. The van der Waals surface area contributed by atoms with E-state index in [-0.39, 0.29) is 24.0 Å². The molecule has 1 aliphatic rings. The highest BCUT2D eigenvalue weighted by Gasteiger charge is 2.13. The van der Waals surface area contributed by atoms with Crippen molar-refractivity contribution in [2.75, 3.05) is 33.9 Å². The van der Waals surface area contributed by atoms with E-state index in [9.17, 15) is 0 Å². The number of aryl methyl sites for hydroxylation is 1. The van der Waals surface area contributed by atoms with Gasteiger partial charge in [-0.3, -0.25) is 4.99 Å². The second-order valence-electron chi connectivity index (χ2n) is 6.21. The van der Waals surface area contributed by atoms with Crippen LogP contribution in [-0.2, 0) is 13.1 Å². The number of aliphatic imine (C=N–C) groups is 1. The Hall–Kier alpha value is -2.04. The van der Waals surface area contributed by atoms with Crippen molar-refractivity contribution in [2.45, 2.75) is 25.9 Å².